The number of aromatic nitrogens is 3. The lowest BCUT2D eigenvalue weighted by Crippen LogP contribution is -2.47. The van der Waals surface area contributed by atoms with Crippen molar-refractivity contribution in [1.82, 2.24) is 20.3 Å². The van der Waals surface area contributed by atoms with Crippen LogP contribution in [0.5, 0.6) is 17.4 Å². The maximum absolute atomic E-state index is 10.2. The molecule has 0 fully saturated rings. The average Bonchev–Trinajstić information content (AvgIpc) is 2.94. The van der Waals surface area contributed by atoms with E-state index in [4.69, 9.17) is 14.2 Å². The fourth-order valence-electron chi connectivity index (χ4n) is 4.51. The number of hydrogen-bond donors (Lipinski definition) is 2. The molecule has 0 bridgehead atoms. The second kappa shape index (κ2) is 12.0. The van der Waals surface area contributed by atoms with Crippen LogP contribution in [-0.4, -0.2) is 52.5 Å². The van der Waals surface area contributed by atoms with E-state index in [1.165, 1.54) is 0 Å². The number of methoxy groups -OCH3 is 1. The molecule has 0 saturated carbocycles. The van der Waals surface area contributed by atoms with Crippen molar-refractivity contribution >= 4 is 11.0 Å². The molecule has 1 atom stereocenters. The summed E-state index contributed by atoms with van der Waals surface area (Å²) in [6, 6.07) is 7.79. The van der Waals surface area contributed by atoms with Gasteiger partial charge in [-0.25, -0.2) is 4.98 Å². The second-order valence-corrected chi connectivity index (χ2v) is 9.01. The van der Waals surface area contributed by atoms with E-state index in [2.05, 4.69) is 33.3 Å². The van der Waals surface area contributed by atoms with Gasteiger partial charge in [-0.05, 0) is 37.3 Å². The van der Waals surface area contributed by atoms with Gasteiger partial charge in [0, 0.05) is 30.4 Å². The molecule has 36 heavy (non-hydrogen) atoms. The third-order valence-corrected chi connectivity index (χ3v) is 6.81. The Morgan fingerprint density at radius 2 is 1.97 bits per heavy atom. The highest BCUT2D eigenvalue weighted by molar-refractivity contribution is 5.80. The summed E-state index contributed by atoms with van der Waals surface area (Å²) in [6.07, 6.45) is 8.49. The molecule has 0 aromatic carbocycles. The number of nitrogens with one attached hydrogen (secondary N) is 1. The molecule has 0 saturated heterocycles. The SMILES string of the molecule is CCC(CO)(CCCCCc1c(C#N)cnc2ccc(OC)nc12)NCc1cc2c(cn1)OCCO2. The highest BCUT2D eigenvalue weighted by Crippen LogP contribution is 2.30. The fraction of sp³-hybridized carbons (Fsp3) is 0.481. The quantitative estimate of drug-likeness (QED) is 0.365. The zero-order chi connectivity index (χ0) is 25.4. The Labute approximate surface area is 211 Å². The number of rotatable bonds is 12. The van der Waals surface area contributed by atoms with E-state index in [1.807, 2.05) is 12.1 Å². The van der Waals surface area contributed by atoms with Crippen LogP contribution in [0.4, 0.5) is 0 Å². The molecule has 3 aromatic rings. The first-order chi connectivity index (χ1) is 17.6. The first-order valence-electron chi connectivity index (χ1n) is 12.4. The predicted molar refractivity (Wildman–Crippen MR) is 135 cm³/mol. The van der Waals surface area contributed by atoms with Crippen LogP contribution in [0.1, 0.15) is 55.8 Å². The third kappa shape index (κ3) is 5.83. The largest absolute Gasteiger partial charge is 0.486 e. The smallest absolute Gasteiger partial charge is 0.213 e. The minimum atomic E-state index is -0.384. The van der Waals surface area contributed by atoms with E-state index < -0.39 is 0 Å². The van der Waals surface area contributed by atoms with Gasteiger partial charge in [0.15, 0.2) is 11.5 Å². The summed E-state index contributed by atoms with van der Waals surface area (Å²) in [6.45, 7) is 3.74. The highest BCUT2D eigenvalue weighted by Gasteiger charge is 2.26. The summed E-state index contributed by atoms with van der Waals surface area (Å²) in [5, 5.41) is 23.4. The summed E-state index contributed by atoms with van der Waals surface area (Å²) in [4.78, 5) is 13.4. The van der Waals surface area contributed by atoms with Gasteiger partial charge in [0.05, 0.1) is 42.2 Å². The average molecular weight is 492 g/mol. The molecular weight excluding hydrogens is 458 g/mol. The van der Waals surface area contributed by atoms with Gasteiger partial charge in [-0.2, -0.15) is 5.26 Å². The number of pyridine rings is 3. The van der Waals surface area contributed by atoms with Crippen LogP contribution >= 0.6 is 0 Å². The molecule has 2 N–H and O–H groups in total. The number of ether oxygens (including phenoxy) is 3. The Hall–Kier alpha value is -3.48. The van der Waals surface area contributed by atoms with E-state index >= 15 is 0 Å². The summed E-state index contributed by atoms with van der Waals surface area (Å²) in [5.74, 6) is 1.89. The van der Waals surface area contributed by atoms with Crippen LogP contribution in [-0.2, 0) is 13.0 Å². The molecule has 3 aromatic heterocycles. The summed E-state index contributed by atoms with van der Waals surface area (Å²) < 4.78 is 16.5. The van der Waals surface area contributed by atoms with Gasteiger partial charge in [-0.15, -0.1) is 0 Å². The topological polar surface area (TPSA) is 122 Å². The van der Waals surface area contributed by atoms with Crippen LogP contribution in [0.15, 0.2) is 30.6 Å². The molecule has 1 aliphatic heterocycles. The molecule has 0 aliphatic carbocycles. The number of nitrogens with zero attached hydrogens (tertiary/aromatic N) is 4. The summed E-state index contributed by atoms with van der Waals surface area (Å²) in [5.41, 5.74) is 3.41. The van der Waals surface area contributed by atoms with Crippen LogP contribution in [0.2, 0.25) is 0 Å². The van der Waals surface area contributed by atoms with Gasteiger partial charge in [0.1, 0.15) is 19.3 Å². The van der Waals surface area contributed by atoms with Crippen molar-refractivity contribution < 1.29 is 19.3 Å². The standard InChI is InChI=1S/C27H33N5O4/c1-3-27(18-33,31-16-20-13-23-24(17-29-20)36-12-11-35-23)10-6-4-5-7-21-19(14-28)15-30-22-8-9-25(34-2)32-26(21)22/h8-9,13,15,17,31,33H,3-7,10-12,16,18H2,1-2H3. The van der Waals surface area contributed by atoms with Crippen molar-refractivity contribution in [3.63, 3.8) is 0 Å². The van der Waals surface area contributed by atoms with E-state index in [1.54, 1.807) is 25.6 Å². The van der Waals surface area contributed by atoms with Crippen molar-refractivity contribution in [2.75, 3.05) is 26.9 Å². The van der Waals surface area contributed by atoms with Crippen molar-refractivity contribution in [3.05, 3.63) is 47.4 Å². The molecule has 1 unspecified atom stereocenters. The Morgan fingerprint density at radius 1 is 1.14 bits per heavy atom. The van der Waals surface area contributed by atoms with E-state index in [9.17, 15) is 10.4 Å². The van der Waals surface area contributed by atoms with Crippen molar-refractivity contribution in [2.24, 2.45) is 0 Å². The second-order valence-electron chi connectivity index (χ2n) is 9.01. The minimum Gasteiger partial charge on any atom is -0.486 e. The molecule has 190 valence electrons. The molecule has 0 spiro atoms. The Kier molecular flexibility index (Phi) is 8.52. The van der Waals surface area contributed by atoms with Gasteiger partial charge in [0.2, 0.25) is 5.88 Å². The number of unbranched alkanes of at least 4 members (excludes halogenated alkanes) is 2. The Balaban J connectivity index is 1.33. The number of aliphatic hydroxyl groups is 1. The van der Waals surface area contributed by atoms with Crippen molar-refractivity contribution in [1.29, 1.82) is 5.26 Å². The predicted octanol–water partition coefficient (Wildman–Crippen LogP) is 3.71. The number of aliphatic hydroxyl groups excluding tert-OH is 1. The van der Waals surface area contributed by atoms with Gasteiger partial charge in [0.25, 0.3) is 0 Å². The lowest BCUT2D eigenvalue weighted by atomic mass is 9.89. The molecule has 1 aliphatic rings. The lowest BCUT2D eigenvalue weighted by Gasteiger charge is -2.32. The lowest BCUT2D eigenvalue weighted by molar-refractivity contribution is 0.141. The molecule has 0 radical (unpaired) electrons. The number of hydrogen-bond acceptors (Lipinski definition) is 9. The molecule has 9 nitrogen and oxygen atoms in total. The zero-order valence-electron chi connectivity index (χ0n) is 20.9. The normalized spacial score (nSPS) is 14.3. The van der Waals surface area contributed by atoms with E-state index in [0.29, 0.717) is 42.7 Å². The van der Waals surface area contributed by atoms with Crippen LogP contribution < -0.4 is 19.5 Å². The van der Waals surface area contributed by atoms with E-state index in [-0.39, 0.29) is 12.1 Å². The molecule has 9 heteroatoms. The molecular formula is C27H33N5O4. The maximum Gasteiger partial charge on any atom is 0.213 e. The summed E-state index contributed by atoms with van der Waals surface area (Å²) >= 11 is 0. The van der Waals surface area contributed by atoms with Crippen LogP contribution in [0, 0.1) is 11.3 Å². The van der Waals surface area contributed by atoms with Crippen LogP contribution in [0.25, 0.3) is 11.0 Å². The number of nitriles is 1. The molecule has 0 amide bonds. The molecule has 4 heterocycles. The van der Waals surface area contributed by atoms with Gasteiger partial charge < -0.3 is 24.6 Å². The third-order valence-electron chi connectivity index (χ3n) is 6.81. The minimum absolute atomic E-state index is 0.0470. The Morgan fingerprint density at radius 3 is 2.72 bits per heavy atom. The fourth-order valence-corrected chi connectivity index (χ4v) is 4.51. The molecule has 4 rings (SSSR count). The van der Waals surface area contributed by atoms with Gasteiger partial charge in [-0.1, -0.05) is 19.8 Å². The first kappa shape index (κ1) is 25.6. The monoisotopic (exact) mass is 491 g/mol. The highest BCUT2D eigenvalue weighted by atomic mass is 16.6. The van der Waals surface area contributed by atoms with Crippen molar-refractivity contribution in [2.45, 2.75) is 57.5 Å². The van der Waals surface area contributed by atoms with Crippen molar-refractivity contribution in [3.8, 4) is 23.4 Å². The van der Waals surface area contributed by atoms with Gasteiger partial charge in [-0.3, -0.25) is 9.97 Å². The number of fused-ring (bicyclic) bond motifs is 2. The summed E-state index contributed by atoms with van der Waals surface area (Å²) in [7, 11) is 1.58. The van der Waals surface area contributed by atoms with Crippen LogP contribution in [0.3, 0.4) is 0 Å². The van der Waals surface area contributed by atoms with Gasteiger partial charge >= 0.3 is 0 Å². The first-order valence-corrected chi connectivity index (χ1v) is 12.4. The maximum atomic E-state index is 10.2. The Bertz CT molecular complexity index is 1220. The zero-order valence-corrected chi connectivity index (χ0v) is 20.9. The van der Waals surface area contributed by atoms with E-state index in [0.717, 1.165) is 60.8 Å². The number of aryl methyl sites for hydroxylation is 1.